The minimum Gasteiger partial charge on any atom is -0.493 e. The van der Waals surface area contributed by atoms with Gasteiger partial charge in [0.15, 0.2) is 11.5 Å². The quantitative estimate of drug-likeness (QED) is 0.441. The van der Waals surface area contributed by atoms with E-state index >= 15 is 0 Å². The Bertz CT molecular complexity index is 852. The Morgan fingerprint density at radius 2 is 1.89 bits per heavy atom. The number of ether oxygens (including phenoxy) is 2. The third-order valence-electron chi connectivity index (χ3n) is 4.54. The van der Waals surface area contributed by atoms with Gasteiger partial charge in [-0.05, 0) is 55.5 Å². The van der Waals surface area contributed by atoms with Crippen molar-refractivity contribution in [2.75, 3.05) is 13.7 Å². The normalized spacial score (nSPS) is 13.0. The molecule has 0 unspecified atom stereocenters. The lowest BCUT2D eigenvalue weighted by Crippen LogP contribution is -2.41. The number of thiophene rings is 1. The number of fused-ring (bicyclic) bond motifs is 1. The van der Waals surface area contributed by atoms with Crippen molar-refractivity contribution in [3.8, 4) is 11.5 Å². The van der Waals surface area contributed by atoms with E-state index in [0.717, 1.165) is 19.3 Å². The number of nitrogens with one attached hydrogen (secondary N) is 2. The standard InChI is InChI=1S/C21H24N2O4S/c1-3-11-27-16-10-9-15(12-17(16)26-2)20(24)22-23-21(25)19-13-14-7-5-4-6-8-18(14)28-19/h3,9-10,12-13H,1,4-8,11H2,2H3,(H,22,24)(H,23,25). The summed E-state index contributed by atoms with van der Waals surface area (Å²) >= 11 is 1.51. The zero-order valence-corrected chi connectivity index (χ0v) is 16.7. The summed E-state index contributed by atoms with van der Waals surface area (Å²) in [4.78, 5) is 26.7. The molecular formula is C21H24N2O4S. The van der Waals surface area contributed by atoms with Crippen LogP contribution in [0.5, 0.6) is 11.5 Å². The summed E-state index contributed by atoms with van der Waals surface area (Å²) in [5.74, 6) is 0.218. The van der Waals surface area contributed by atoms with Gasteiger partial charge in [0.2, 0.25) is 0 Å². The van der Waals surface area contributed by atoms with Crippen LogP contribution < -0.4 is 20.3 Å². The maximum Gasteiger partial charge on any atom is 0.279 e. The first-order valence-electron chi connectivity index (χ1n) is 9.26. The molecule has 1 aliphatic carbocycles. The molecule has 1 aliphatic rings. The van der Waals surface area contributed by atoms with Crippen molar-refractivity contribution in [2.45, 2.75) is 32.1 Å². The average molecular weight is 401 g/mol. The molecule has 1 aromatic heterocycles. The SMILES string of the molecule is C=CCOc1ccc(C(=O)NNC(=O)c2cc3c(s2)CCCCC3)cc1OC. The summed E-state index contributed by atoms with van der Waals surface area (Å²) in [5, 5.41) is 0. The van der Waals surface area contributed by atoms with Crippen LogP contribution >= 0.6 is 11.3 Å². The summed E-state index contributed by atoms with van der Waals surface area (Å²) in [6, 6.07) is 6.76. The predicted octanol–water partition coefficient (Wildman–Crippen LogP) is 3.67. The molecule has 0 saturated heterocycles. The predicted molar refractivity (Wildman–Crippen MR) is 109 cm³/mol. The average Bonchev–Trinajstić information content (AvgIpc) is 3.00. The van der Waals surface area contributed by atoms with Crippen LogP contribution in [0, 0.1) is 0 Å². The Balaban J connectivity index is 1.62. The molecule has 148 valence electrons. The molecule has 28 heavy (non-hydrogen) atoms. The lowest BCUT2D eigenvalue weighted by molar-refractivity contribution is 0.0848. The van der Waals surface area contributed by atoms with Gasteiger partial charge in [-0.1, -0.05) is 19.1 Å². The van der Waals surface area contributed by atoms with Gasteiger partial charge in [-0.2, -0.15) is 0 Å². The molecule has 0 spiro atoms. The number of rotatable bonds is 6. The van der Waals surface area contributed by atoms with Crippen LogP contribution in [-0.2, 0) is 12.8 Å². The molecule has 3 rings (SSSR count). The molecular weight excluding hydrogens is 376 g/mol. The zero-order chi connectivity index (χ0) is 19.9. The van der Waals surface area contributed by atoms with Crippen LogP contribution in [-0.4, -0.2) is 25.5 Å². The summed E-state index contributed by atoms with van der Waals surface area (Å²) in [5.41, 5.74) is 6.57. The van der Waals surface area contributed by atoms with Crippen LogP contribution in [0.2, 0.25) is 0 Å². The number of hydrogen-bond acceptors (Lipinski definition) is 5. The number of amides is 2. The molecule has 0 saturated carbocycles. The van der Waals surface area contributed by atoms with Crippen molar-refractivity contribution in [3.05, 3.63) is 57.8 Å². The van der Waals surface area contributed by atoms with Gasteiger partial charge in [0.25, 0.3) is 11.8 Å². The molecule has 2 amide bonds. The van der Waals surface area contributed by atoms with E-state index in [1.807, 2.05) is 6.07 Å². The van der Waals surface area contributed by atoms with Gasteiger partial charge in [-0.15, -0.1) is 11.3 Å². The van der Waals surface area contributed by atoms with E-state index in [9.17, 15) is 9.59 Å². The second-order valence-electron chi connectivity index (χ2n) is 6.49. The molecule has 7 heteroatoms. The number of carbonyl (C=O) groups excluding carboxylic acids is 2. The van der Waals surface area contributed by atoms with Gasteiger partial charge in [-0.25, -0.2) is 0 Å². The molecule has 0 bridgehead atoms. The van der Waals surface area contributed by atoms with Crippen molar-refractivity contribution < 1.29 is 19.1 Å². The molecule has 0 atom stereocenters. The Morgan fingerprint density at radius 1 is 1.11 bits per heavy atom. The number of carbonyl (C=O) groups is 2. The number of methoxy groups -OCH3 is 1. The Kier molecular flexibility index (Phi) is 6.71. The highest BCUT2D eigenvalue weighted by Crippen LogP contribution is 2.29. The van der Waals surface area contributed by atoms with Crippen molar-refractivity contribution >= 4 is 23.2 Å². The molecule has 2 aromatic rings. The molecule has 1 heterocycles. The molecule has 0 aliphatic heterocycles. The van der Waals surface area contributed by atoms with Crippen LogP contribution in [0.4, 0.5) is 0 Å². The fraction of sp³-hybridized carbons (Fsp3) is 0.333. The van der Waals surface area contributed by atoms with Gasteiger partial charge in [0, 0.05) is 10.4 Å². The fourth-order valence-corrected chi connectivity index (χ4v) is 4.25. The lowest BCUT2D eigenvalue weighted by Gasteiger charge is -2.11. The first-order valence-corrected chi connectivity index (χ1v) is 10.1. The second kappa shape index (κ2) is 9.41. The smallest absolute Gasteiger partial charge is 0.279 e. The van der Waals surface area contributed by atoms with E-state index in [-0.39, 0.29) is 5.91 Å². The highest BCUT2D eigenvalue weighted by molar-refractivity contribution is 7.14. The van der Waals surface area contributed by atoms with Crippen LogP contribution in [0.15, 0.2) is 36.9 Å². The van der Waals surface area contributed by atoms with E-state index in [1.165, 1.54) is 41.7 Å². The van der Waals surface area contributed by atoms with E-state index in [4.69, 9.17) is 9.47 Å². The van der Waals surface area contributed by atoms with Crippen molar-refractivity contribution in [2.24, 2.45) is 0 Å². The first kappa shape index (κ1) is 19.9. The van der Waals surface area contributed by atoms with Crippen LogP contribution in [0.25, 0.3) is 0 Å². The van der Waals surface area contributed by atoms with Crippen LogP contribution in [0.3, 0.4) is 0 Å². The van der Waals surface area contributed by atoms with Gasteiger partial charge in [0.05, 0.1) is 12.0 Å². The maximum atomic E-state index is 12.4. The second-order valence-corrected chi connectivity index (χ2v) is 7.63. The van der Waals surface area contributed by atoms with Crippen LogP contribution in [0.1, 0.15) is 49.7 Å². The monoisotopic (exact) mass is 400 g/mol. The molecule has 2 N–H and O–H groups in total. The summed E-state index contributed by atoms with van der Waals surface area (Å²) in [6.07, 6.45) is 7.24. The lowest BCUT2D eigenvalue weighted by atomic mass is 10.1. The van der Waals surface area contributed by atoms with Gasteiger partial charge in [0.1, 0.15) is 6.61 Å². The van der Waals surface area contributed by atoms with Crippen molar-refractivity contribution in [3.63, 3.8) is 0 Å². The minimum atomic E-state index is -0.431. The first-order chi connectivity index (χ1) is 13.6. The third kappa shape index (κ3) is 4.72. The molecule has 1 aromatic carbocycles. The Morgan fingerprint density at radius 3 is 2.68 bits per heavy atom. The topological polar surface area (TPSA) is 76.7 Å². The van der Waals surface area contributed by atoms with Gasteiger partial charge < -0.3 is 9.47 Å². The molecule has 0 radical (unpaired) electrons. The van der Waals surface area contributed by atoms with Gasteiger partial charge >= 0.3 is 0 Å². The largest absolute Gasteiger partial charge is 0.493 e. The third-order valence-corrected chi connectivity index (χ3v) is 5.78. The number of hydrazine groups is 1. The Labute approximate surface area is 168 Å². The summed E-state index contributed by atoms with van der Waals surface area (Å²) in [7, 11) is 1.50. The highest BCUT2D eigenvalue weighted by Gasteiger charge is 2.17. The van der Waals surface area contributed by atoms with Crippen molar-refractivity contribution in [1.29, 1.82) is 0 Å². The Hall–Kier alpha value is -2.80. The van der Waals surface area contributed by atoms with E-state index in [1.54, 1.807) is 24.3 Å². The van der Waals surface area contributed by atoms with E-state index < -0.39 is 5.91 Å². The number of aryl methyl sites for hydroxylation is 2. The van der Waals surface area contributed by atoms with Crippen molar-refractivity contribution in [1.82, 2.24) is 10.9 Å². The fourth-order valence-electron chi connectivity index (χ4n) is 3.10. The summed E-state index contributed by atoms with van der Waals surface area (Å²) in [6.45, 7) is 3.94. The molecule has 6 nitrogen and oxygen atoms in total. The number of hydrogen-bond donors (Lipinski definition) is 2. The zero-order valence-electron chi connectivity index (χ0n) is 15.9. The number of benzene rings is 1. The van der Waals surface area contributed by atoms with Gasteiger partial charge in [-0.3, -0.25) is 20.4 Å². The summed E-state index contributed by atoms with van der Waals surface area (Å²) < 4.78 is 10.7. The minimum absolute atomic E-state index is 0.302. The maximum absolute atomic E-state index is 12.4. The van der Waals surface area contributed by atoms with E-state index in [2.05, 4.69) is 17.4 Å². The van der Waals surface area contributed by atoms with E-state index in [0.29, 0.717) is 28.5 Å². The molecule has 0 fully saturated rings. The highest BCUT2D eigenvalue weighted by atomic mass is 32.1.